The molecule has 10 aromatic rings. The van der Waals surface area contributed by atoms with Crippen LogP contribution in [-0.2, 0) is 12.8 Å². The molecule has 10 rings (SSSR count). The van der Waals surface area contributed by atoms with Gasteiger partial charge in [0.25, 0.3) is 0 Å². The first kappa shape index (κ1) is 33.3. The summed E-state index contributed by atoms with van der Waals surface area (Å²) in [6.07, 6.45) is 9.04. The molecule has 0 radical (unpaired) electrons. The Labute approximate surface area is 323 Å². The van der Waals surface area contributed by atoms with Crippen molar-refractivity contribution in [2.24, 2.45) is 0 Å². The Hall–Kier alpha value is -7.32. The highest BCUT2D eigenvalue weighted by molar-refractivity contribution is 6.10. The van der Waals surface area contributed by atoms with Gasteiger partial charge in [0, 0.05) is 70.1 Å². The number of nitrogens with zero attached hydrogens (tertiary/aromatic N) is 6. The van der Waals surface area contributed by atoms with Crippen molar-refractivity contribution in [2.75, 3.05) is 0 Å². The lowest BCUT2D eigenvalue weighted by molar-refractivity contribution is 0.461. The highest BCUT2D eigenvalue weighted by atomic mass is 16.5. The number of ether oxygens (including phenoxy) is 2. The molecule has 5 heterocycles. The Balaban J connectivity index is 1.07. The van der Waals surface area contributed by atoms with Gasteiger partial charge in [0.1, 0.15) is 34.6 Å². The van der Waals surface area contributed by atoms with E-state index >= 15 is 0 Å². The summed E-state index contributed by atoms with van der Waals surface area (Å²) in [6, 6.07) is 45.3. The second-order valence-corrected chi connectivity index (χ2v) is 13.8. The molecule has 0 aliphatic rings. The average Bonchev–Trinajstić information content (AvgIpc) is 3.75. The van der Waals surface area contributed by atoms with E-state index in [4.69, 9.17) is 19.4 Å². The number of aryl methyl sites for hydroxylation is 2. The lowest BCUT2D eigenvalue weighted by Gasteiger charge is -2.13. The monoisotopic (exact) mass is 728 g/mol. The molecule has 0 atom stereocenters. The first-order chi connectivity index (χ1) is 27.6. The minimum Gasteiger partial charge on any atom is -0.457 e. The lowest BCUT2D eigenvalue weighted by Crippen LogP contribution is -1.97. The maximum Gasteiger partial charge on any atom is 0.159 e. The Kier molecular flexibility index (Phi) is 8.21. The van der Waals surface area contributed by atoms with Crippen molar-refractivity contribution in [1.29, 1.82) is 0 Å². The fourth-order valence-corrected chi connectivity index (χ4v) is 7.67. The zero-order valence-electron chi connectivity index (χ0n) is 30.9. The van der Waals surface area contributed by atoms with E-state index in [1.54, 1.807) is 18.5 Å². The average molecular weight is 729 g/mol. The standard InChI is InChI=1S/C48H36N6O2/c1-3-31-12-18-42-40(24-31)38-16-14-34(29-44(38)53(42)46-10-5-7-20-49-46)55-36-26-33(48-51-22-9-23-52-48)27-37(28-36)56-35-15-17-39-41-25-32(4-2)13-19-43(41)54(45(39)30-35)47-11-6-8-21-50-47/h5-30H,3-4H2,1-2H3. The zero-order valence-corrected chi connectivity index (χ0v) is 30.9. The largest absolute Gasteiger partial charge is 0.457 e. The molecule has 0 spiro atoms. The molecule has 0 N–H and O–H groups in total. The Morgan fingerprint density at radius 3 is 1.38 bits per heavy atom. The molecule has 0 aliphatic heterocycles. The van der Waals surface area contributed by atoms with Gasteiger partial charge in [0.05, 0.1) is 22.1 Å². The van der Waals surface area contributed by atoms with Crippen molar-refractivity contribution in [3.63, 3.8) is 0 Å². The number of hydrogen-bond acceptors (Lipinski definition) is 6. The van der Waals surface area contributed by atoms with Crippen LogP contribution in [0.3, 0.4) is 0 Å². The first-order valence-electron chi connectivity index (χ1n) is 18.9. The van der Waals surface area contributed by atoms with Crippen molar-refractivity contribution >= 4 is 43.6 Å². The molecule has 0 aliphatic carbocycles. The van der Waals surface area contributed by atoms with Gasteiger partial charge < -0.3 is 9.47 Å². The Morgan fingerprint density at radius 2 is 0.911 bits per heavy atom. The zero-order chi connectivity index (χ0) is 37.6. The summed E-state index contributed by atoms with van der Waals surface area (Å²) in [4.78, 5) is 18.5. The molecular weight excluding hydrogens is 693 g/mol. The summed E-state index contributed by atoms with van der Waals surface area (Å²) >= 11 is 0. The molecule has 270 valence electrons. The number of rotatable bonds is 9. The van der Waals surface area contributed by atoms with E-state index in [1.165, 1.54) is 21.9 Å². The van der Waals surface area contributed by atoms with Gasteiger partial charge in [-0.05, 0) is 115 Å². The molecule has 56 heavy (non-hydrogen) atoms. The van der Waals surface area contributed by atoms with E-state index in [0.29, 0.717) is 28.8 Å². The SMILES string of the molecule is CCc1ccc2c(c1)c1ccc(Oc3cc(Oc4ccc5c6cc(CC)ccc6n(-c6ccccn6)c5c4)cc(-c4ncccn4)c3)cc1n2-c1ccccn1. The van der Waals surface area contributed by atoms with E-state index < -0.39 is 0 Å². The van der Waals surface area contributed by atoms with E-state index in [0.717, 1.165) is 62.9 Å². The van der Waals surface area contributed by atoms with E-state index in [-0.39, 0.29) is 0 Å². The fraction of sp³-hybridized carbons (Fsp3) is 0.0833. The molecule has 5 aromatic carbocycles. The van der Waals surface area contributed by atoms with Crippen molar-refractivity contribution < 1.29 is 9.47 Å². The van der Waals surface area contributed by atoms with E-state index in [2.05, 4.69) is 93.6 Å². The molecule has 0 unspecified atom stereocenters. The third kappa shape index (κ3) is 5.88. The minimum absolute atomic E-state index is 0.567. The van der Waals surface area contributed by atoms with Crippen LogP contribution in [-0.4, -0.2) is 29.1 Å². The van der Waals surface area contributed by atoms with Crippen LogP contribution in [0, 0.1) is 0 Å². The molecular formula is C48H36N6O2. The summed E-state index contributed by atoms with van der Waals surface area (Å²) in [5.74, 6) is 4.80. The summed E-state index contributed by atoms with van der Waals surface area (Å²) in [7, 11) is 0. The highest BCUT2D eigenvalue weighted by Gasteiger charge is 2.18. The molecule has 0 bridgehead atoms. The van der Waals surface area contributed by atoms with Crippen LogP contribution in [0.4, 0.5) is 0 Å². The number of aromatic nitrogens is 6. The van der Waals surface area contributed by atoms with Crippen molar-refractivity contribution in [3.05, 3.63) is 169 Å². The quantitative estimate of drug-likeness (QED) is 0.147. The van der Waals surface area contributed by atoms with Crippen molar-refractivity contribution in [1.82, 2.24) is 29.1 Å². The maximum atomic E-state index is 6.69. The highest BCUT2D eigenvalue weighted by Crippen LogP contribution is 2.39. The first-order valence-corrected chi connectivity index (χ1v) is 18.9. The van der Waals surface area contributed by atoms with Crippen LogP contribution in [0.2, 0.25) is 0 Å². The normalized spacial score (nSPS) is 11.5. The maximum absolute atomic E-state index is 6.69. The van der Waals surface area contributed by atoms with Crippen LogP contribution in [0.5, 0.6) is 23.0 Å². The molecule has 8 nitrogen and oxygen atoms in total. The van der Waals surface area contributed by atoms with Crippen molar-refractivity contribution in [2.45, 2.75) is 26.7 Å². The number of pyridine rings is 2. The van der Waals surface area contributed by atoms with Gasteiger partial charge in [-0.25, -0.2) is 19.9 Å². The van der Waals surface area contributed by atoms with Gasteiger partial charge in [0.15, 0.2) is 5.82 Å². The van der Waals surface area contributed by atoms with Crippen LogP contribution in [0.25, 0.3) is 66.6 Å². The molecule has 5 aromatic heterocycles. The molecule has 8 heteroatoms. The van der Waals surface area contributed by atoms with Gasteiger partial charge in [-0.2, -0.15) is 0 Å². The summed E-state index contributed by atoms with van der Waals surface area (Å²) < 4.78 is 17.8. The fourth-order valence-electron chi connectivity index (χ4n) is 7.67. The molecule has 0 fully saturated rings. The minimum atomic E-state index is 0.567. The molecule has 0 saturated heterocycles. The second kappa shape index (κ2) is 13.8. The lowest BCUT2D eigenvalue weighted by atomic mass is 10.1. The van der Waals surface area contributed by atoms with Gasteiger partial charge in [-0.1, -0.05) is 38.1 Å². The van der Waals surface area contributed by atoms with Gasteiger partial charge in [-0.15, -0.1) is 0 Å². The second-order valence-electron chi connectivity index (χ2n) is 13.8. The smallest absolute Gasteiger partial charge is 0.159 e. The van der Waals surface area contributed by atoms with Gasteiger partial charge in [0.2, 0.25) is 0 Å². The van der Waals surface area contributed by atoms with Crippen LogP contribution in [0.15, 0.2) is 158 Å². The Morgan fingerprint density at radius 1 is 0.411 bits per heavy atom. The third-order valence-electron chi connectivity index (χ3n) is 10.4. The van der Waals surface area contributed by atoms with Crippen LogP contribution < -0.4 is 9.47 Å². The Bertz CT molecular complexity index is 2860. The molecule has 0 saturated carbocycles. The topological polar surface area (TPSA) is 79.9 Å². The van der Waals surface area contributed by atoms with Crippen LogP contribution >= 0.6 is 0 Å². The van der Waals surface area contributed by atoms with Gasteiger partial charge in [-0.3, -0.25) is 9.13 Å². The van der Waals surface area contributed by atoms with Gasteiger partial charge >= 0.3 is 0 Å². The third-order valence-corrected chi connectivity index (χ3v) is 10.4. The summed E-state index contributed by atoms with van der Waals surface area (Å²) in [5.41, 5.74) is 7.54. The number of benzene rings is 5. The predicted octanol–water partition coefficient (Wildman–Crippen LogP) is 11.8. The summed E-state index contributed by atoms with van der Waals surface area (Å²) in [6.45, 7) is 4.36. The number of fused-ring (bicyclic) bond motifs is 6. The number of hydrogen-bond donors (Lipinski definition) is 0. The van der Waals surface area contributed by atoms with E-state index in [9.17, 15) is 0 Å². The van der Waals surface area contributed by atoms with Crippen molar-refractivity contribution in [3.8, 4) is 46.0 Å². The van der Waals surface area contributed by atoms with E-state index in [1.807, 2.05) is 79.1 Å². The molecule has 0 amide bonds. The van der Waals surface area contributed by atoms with Crippen LogP contribution in [0.1, 0.15) is 25.0 Å². The predicted molar refractivity (Wildman–Crippen MR) is 224 cm³/mol. The summed E-state index contributed by atoms with van der Waals surface area (Å²) in [5, 5.41) is 4.63.